The molecule has 0 radical (unpaired) electrons. The molecule has 7 heteroatoms. The second-order valence-corrected chi connectivity index (χ2v) is 7.03. The van der Waals surface area contributed by atoms with Crippen molar-refractivity contribution in [1.82, 2.24) is 15.2 Å². The minimum atomic E-state index is -0.0607. The standard InChI is InChI=1S/C18H29N5O.HI/c1-5-19-17(23-12-10-18(3,4)13-23)20-11-9-16(24)22-15-8-6-7-14(2)21-15;/h6-8H,5,9-13H2,1-4H3,(H,19,20)(H,21,22,24);1H. The zero-order valence-electron chi connectivity index (χ0n) is 15.6. The fraction of sp³-hybridized carbons (Fsp3) is 0.611. The van der Waals surface area contributed by atoms with E-state index in [1.165, 1.54) is 0 Å². The number of aryl methyl sites for hydroxylation is 1. The van der Waals surface area contributed by atoms with Gasteiger partial charge in [0.05, 0.1) is 6.54 Å². The first-order valence-corrected chi connectivity index (χ1v) is 8.66. The number of rotatable bonds is 5. The lowest BCUT2D eigenvalue weighted by Crippen LogP contribution is -2.41. The molecule has 1 aliphatic rings. The van der Waals surface area contributed by atoms with Crippen molar-refractivity contribution in [2.75, 3.05) is 31.5 Å². The molecule has 140 valence electrons. The van der Waals surface area contributed by atoms with Gasteiger partial charge in [0.2, 0.25) is 5.91 Å². The van der Waals surface area contributed by atoms with Gasteiger partial charge in [0.1, 0.15) is 5.82 Å². The Morgan fingerprint density at radius 2 is 2.16 bits per heavy atom. The topological polar surface area (TPSA) is 69.6 Å². The molecular formula is C18H30IN5O. The number of pyridine rings is 1. The van der Waals surface area contributed by atoms with Crippen LogP contribution in [-0.2, 0) is 4.79 Å². The van der Waals surface area contributed by atoms with Crippen molar-refractivity contribution in [1.29, 1.82) is 0 Å². The highest BCUT2D eigenvalue weighted by atomic mass is 127. The SMILES string of the molecule is CCNC(=NCCC(=O)Nc1cccc(C)n1)N1CCC(C)(C)C1.I. The Morgan fingerprint density at radius 1 is 1.40 bits per heavy atom. The molecular weight excluding hydrogens is 429 g/mol. The molecule has 25 heavy (non-hydrogen) atoms. The van der Waals surface area contributed by atoms with Crippen molar-refractivity contribution in [2.24, 2.45) is 10.4 Å². The van der Waals surface area contributed by atoms with Gasteiger partial charge in [-0.1, -0.05) is 19.9 Å². The number of carbonyl (C=O) groups is 1. The molecule has 6 nitrogen and oxygen atoms in total. The molecule has 1 aromatic heterocycles. The minimum absolute atomic E-state index is 0. The van der Waals surface area contributed by atoms with Crippen LogP contribution >= 0.6 is 24.0 Å². The third-order valence-corrected chi connectivity index (χ3v) is 4.07. The van der Waals surface area contributed by atoms with Crippen LogP contribution in [0.15, 0.2) is 23.2 Å². The average Bonchev–Trinajstić information content (AvgIpc) is 2.86. The number of carbonyl (C=O) groups excluding carboxylic acids is 1. The molecule has 2 N–H and O–H groups in total. The largest absolute Gasteiger partial charge is 0.357 e. The van der Waals surface area contributed by atoms with Gasteiger partial charge in [0.25, 0.3) is 0 Å². The predicted molar refractivity (Wildman–Crippen MR) is 114 cm³/mol. The molecule has 1 amide bonds. The van der Waals surface area contributed by atoms with E-state index in [1.807, 2.05) is 19.1 Å². The Hall–Kier alpha value is -1.38. The first-order valence-electron chi connectivity index (χ1n) is 8.66. The Labute approximate surface area is 167 Å². The van der Waals surface area contributed by atoms with E-state index in [1.54, 1.807) is 6.07 Å². The fourth-order valence-electron chi connectivity index (χ4n) is 2.80. The summed E-state index contributed by atoms with van der Waals surface area (Å²) in [6, 6.07) is 5.58. The van der Waals surface area contributed by atoms with Gasteiger partial charge in [0, 0.05) is 31.7 Å². The maximum absolute atomic E-state index is 12.0. The van der Waals surface area contributed by atoms with E-state index in [0.29, 0.717) is 24.2 Å². The number of hydrogen-bond acceptors (Lipinski definition) is 3. The predicted octanol–water partition coefficient (Wildman–Crippen LogP) is 3.03. The third-order valence-electron chi connectivity index (χ3n) is 4.07. The number of hydrogen-bond donors (Lipinski definition) is 2. The highest BCUT2D eigenvalue weighted by Gasteiger charge is 2.30. The van der Waals surface area contributed by atoms with Crippen LogP contribution in [0.2, 0.25) is 0 Å². The number of anilines is 1. The Bertz CT molecular complexity index is 603. The molecule has 2 rings (SSSR count). The fourth-order valence-corrected chi connectivity index (χ4v) is 2.80. The number of guanidine groups is 1. The molecule has 0 aromatic carbocycles. The van der Waals surface area contributed by atoms with Crippen molar-refractivity contribution in [3.63, 3.8) is 0 Å². The average molecular weight is 459 g/mol. The van der Waals surface area contributed by atoms with Crippen LogP contribution in [0.1, 0.15) is 39.3 Å². The highest BCUT2D eigenvalue weighted by Crippen LogP contribution is 2.28. The summed E-state index contributed by atoms with van der Waals surface area (Å²) in [4.78, 5) is 23.2. The summed E-state index contributed by atoms with van der Waals surface area (Å²) in [5, 5.41) is 6.14. The lowest BCUT2D eigenvalue weighted by molar-refractivity contribution is -0.116. The van der Waals surface area contributed by atoms with Gasteiger partial charge < -0.3 is 15.5 Å². The zero-order valence-corrected chi connectivity index (χ0v) is 18.0. The van der Waals surface area contributed by atoms with Gasteiger partial charge >= 0.3 is 0 Å². The summed E-state index contributed by atoms with van der Waals surface area (Å²) in [7, 11) is 0. The van der Waals surface area contributed by atoms with E-state index in [4.69, 9.17) is 0 Å². The van der Waals surface area contributed by atoms with Crippen molar-refractivity contribution in [3.8, 4) is 0 Å². The number of nitrogens with one attached hydrogen (secondary N) is 2. The Kier molecular flexibility index (Phi) is 8.61. The second kappa shape index (κ2) is 9.94. The molecule has 1 aliphatic heterocycles. The third kappa shape index (κ3) is 7.17. The monoisotopic (exact) mass is 459 g/mol. The normalized spacial score (nSPS) is 16.3. The number of halogens is 1. The maximum atomic E-state index is 12.0. The number of nitrogens with zero attached hydrogens (tertiary/aromatic N) is 3. The molecule has 0 bridgehead atoms. The number of likely N-dealkylation sites (tertiary alicyclic amines) is 1. The summed E-state index contributed by atoms with van der Waals surface area (Å²) in [6.45, 7) is 11.8. The first-order chi connectivity index (χ1) is 11.4. The van der Waals surface area contributed by atoms with Gasteiger partial charge in [-0.2, -0.15) is 0 Å². The second-order valence-electron chi connectivity index (χ2n) is 7.03. The highest BCUT2D eigenvalue weighted by molar-refractivity contribution is 14.0. The maximum Gasteiger partial charge on any atom is 0.227 e. The molecule has 1 fully saturated rings. The molecule has 0 unspecified atom stereocenters. The van der Waals surface area contributed by atoms with Gasteiger partial charge in [-0.25, -0.2) is 4.98 Å². The molecule has 0 atom stereocenters. The van der Waals surface area contributed by atoms with Crippen LogP contribution in [0.5, 0.6) is 0 Å². The Morgan fingerprint density at radius 3 is 2.76 bits per heavy atom. The van der Waals surface area contributed by atoms with Crippen LogP contribution < -0.4 is 10.6 Å². The summed E-state index contributed by atoms with van der Waals surface area (Å²) in [5.41, 5.74) is 1.21. The molecule has 0 spiro atoms. The lowest BCUT2D eigenvalue weighted by Gasteiger charge is -2.23. The molecule has 0 aliphatic carbocycles. The van der Waals surface area contributed by atoms with Gasteiger partial charge in [-0.3, -0.25) is 9.79 Å². The Balaban J connectivity index is 0.00000312. The number of aromatic nitrogens is 1. The van der Waals surface area contributed by atoms with Crippen LogP contribution in [-0.4, -0.2) is 47.9 Å². The van der Waals surface area contributed by atoms with E-state index < -0.39 is 0 Å². The van der Waals surface area contributed by atoms with Crippen LogP contribution in [0, 0.1) is 12.3 Å². The van der Waals surface area contributed by atoms with E-state index in [-0.39, 0.29) is 29.9 Å². The summed E-state index contributed by atoms with van der Waals surface area (Å²) < 4.78 is 0. The molecule has 1 saturated heterocycles. The van der Waals surface area contributed by atoms with Crippen molar-refractivity contribution in [3.05, 3.63) is 23.9 Å². The van der Waals surface area contributed by atoms with E-state index in [2.05, 4.69) is 46.3 Å². The van der Waals surface area contributed by atoms with Crippen molar-refractivity contribution < 1.29 is 4.79 Å². The molecule has 1 aromatic rings. The lowest BCUT2D eigenvalue weighted by atomic mass is 9.93. The van der Waals surface area contributed by atoms with Gasteiger partial charge in [-0.15, -0.1) is 24.0 Å². The smallest absolute Gasteiger partial charge is 0.227 e. The molecule has 0 saturated carbocycles. The zero-order chi connectivity index (χ0) is 17.6. The van der Waals surface area contributed by atoms with Crippen LogP contribution in [0.4, 0.5) is 5.82 Å². The van der Waals surface area contributed by atoms with Crippen molar-refractivity contribution in [2.45, 2.75) is 40.5 Å². The molecule has 2 heterocycles. The minimum Gasteiger partial charge on any atom is -0.357 e. The number of amides is 1. The van der Waals surface area contributed by atoms with Gasteiger partial charge in [0.15, 0.2) is 5.96 Å². The van der Waals surface area contributed by atoms with Crippen molar-refractivity contribution >= 4 is 41.7 Å². The van der Waals surface area contributed by atoms with E-state index >= 15 is 0 Å². The number of aliphatic imine (C=N–C) groups is 1. The van der Waals surface area contributed by atoms with Gasteiger partial charge in [-0.05, 0) is 37.8 Å². The summed E-state index contributed by atoms with van der Waals surface area (Å²) in [5.74, 6) is 1.44. The van der Waals surface area contributed by atoms with E-state index in [0.717, 1.165) is 37.7 Å². The quantitative estimate of drug-likeness (QED) is 0.404. The summed E-state index contributed by atoms with van der Waals surface area (Å²) >= 11 is 0. The van der Waals surface area contributed by atoms with Crippen LogP contribution in [0.25, 0.3) is 0 Å². The van der Waals surface area contributed by atoms with E-state index in [9.17, 15) is 4.79 Å². The van der Waals surface area contributed by atoms with Crippen LogP contribution in [0.3, 0.4) is 0 Å². The first kappa shape index (κ1) is 21.7. The summed E-state index contributed by atoms with van der Waals surface area (Å²) in [6.07, 6.45) is 1.51.